The van der Waals surface area contributed by atoms with Crippen molar-refractivity contribution in [2.45, 2.75) is 19.2 Å². The monoisotopic (exact) mass is 377 g/mol. The quantitative estimate of drug-likeness (QED) is 0.833. The summed E-state index contributed by atoms with van der Waals surface area (Å²) in [5, 5.41) is 2.51. The Morgan fingerprint density at radius 1 is 1.19 bits per heavy atom. The number of alkyl carbamates (subject to hydrolysis) is 1. The second-order valence-electron chi connectivity index (χ2n) is 6.29. The maximum Gasteiger partial charge on any atom is 0.407 e. The highest BCUT2D eigenvalue weighted by atomic mass is 19.1. The zero-order valence-electron chi connectivity index (χ0n) is 14.6. The van der Waals surface area contributed by atoms with Gasteiger partial charge in [-0.15, -0.1) is 0 Å². The molecule has 1 aliphatic heterocycles. The van der Waals surface area contributed by atoms with Crippen molar-refractivity contribution in [3.8, 4) is 0 Å². The maximum absolute atomic E-state index is 14.2. The van der Waals surface area contributed by atoms with E-state index in [4.69, 9.17) is 4.74 Å². The largest absolute Gasteiger partial charge is 0.445 e. The number of anilines is 1. The minimum atomic E-state index is -1.14. The number of carbonyl (C=O) groups excluding carboxylic acids is 1. The number of carbonyl (C=O) groups is 1. The lowest BCUT2D eigenvalue weighted by molar-refractivity contribution is 0.140. The molecule has 1 amide bonds. The minimum Gasteiger partial charge on any atom is -0.445 e. The van der Waals surface area contributed by atoms with Gasteiger partial charge in [-0.3, -0.25) is 0 Å². The van der Waals surface area contributed by atoms with Gasteiger partial charge in [0.1, 0.15) is 24.4 Å². The molecule has 1 aliphatic rings. The van der Waals surface area contributed by atoms with E-state index in [1.807, 2.05) is 30.3 Å². The number of hydrogen-bond donors (Lipinski definition) is 1. The molecule has 1 heterocycles. The molecule has 2 aromatic carbocycles. The lowest BCUT2D eigenvalue weighted by Crippen LogP contribution is -2.26. The van der Waals surface area contributed by atoms with Crippen LogP contribution in [0.15, 0.2) is 42.5 Å². The molecule has 1 radical (unpaired) electrons. The summed E-state index contributed by atoms with van der Waals surface area (Å²) >= 11 is 0. The average molecular weight is 377 g/mol. The molecule has 0 aliphatic carbocycles. The van der Waals surface area contributed by atoms with Crippen molar-refractivity contribution in [3.05, 3.63) is 71.6 Å². The fourth-order valence-electron chi connectivity index (χ4n) is 2.88. The van der Waals surface area contributed by atoms with Gasteiger partial charge < -0.3 is 15.0 Å². The number of alkyl halides is 1. The zero-order valence-corrected chi connectivity index (χ0v) is 14.6. The Bertz CT molecular complexity index is 786. The van der Waals surface area contributed by atoms with Crippen molar-refractivity contribution >= 4 is 11.8 Å². The van der Waals surface area contributed by atoms with Gasteiger partial charge in [0.2, 0.25) is 0 Å². The molecule has 1 N–H and O–H groups in total. The van der Waals surface area contributed by atoms with Crippen molar-refractivity contribution < 1.29 is 22.7 Å². The highest BCUT2D eigenvalue weighted by molar-refractivity contribution is 5.67. The molecule has 2 aromatic rings. The number of nitrogens with one attached hydrogen (secondary N) is 1. The summed E-state index contributed by atoms with van der Waals surface area (Å²) in [6, 6.07) is 11.4. The fourth-order valence-corrected chi connectivity index (χ4v) is 2.88. The molecular weight excluding hydrogens is 357 g/mol. The molecule has 0 aromatic heterocycles. The smallest absolute Gasteiger partial charge is 0.407 e. The Kier molecular flexibility index (Phi) is 6.21. The first-order valence-electron chi connectivity index (χ1n) is 8.68. The number of hydrogen-bond acceptors (Lipinski definition) is 3. The third kappa shape index (κ3) is 5.15. The number of halogens is 3. The molecule has 3 rings (SSSR count). The molecule has 4 nitrogen and oxygen atoms in total. The highest BCUT2D eigenvalue weighted by Gasteiger charge is 2.25. The zero-order chi connectivity index (χ0) is 19.2. The second-order valence-corrected chi connectivity index (χ2v) is 6.29. The van der Waals surface area contributed by atoms with E-state index in [0.29, 0.717) is 0 Å². The molecule has 1 atom stereocenters. The second kappa shape index (κ2) is 8.79. The van der Waals surface area contributed by atoms with E-state index in [-0.39, 0.29) is 43.9 Å². The average Bonchev–Trinajstić information content (AvgIpc) is 3.09. The summed E-state index contributed by atoms with van der Waals surface area (Å²) in [7, 11) is 0. The van der Waals surface area contributed by atoms with Crippen LogP contribution in [0.25, 0.3) is 0 Å². The van der Waals surface area contributed by atoms with E-state index in [9.17, 15) is 18.0 Å². The summed E-state index contributed by atoms with van der Waals surface area (Å²) in [5.74, 6) is -1.20. The third-order valence-corrected chi connectivity index (χ3v) is 4.31. The minimum absolute atomic E-state index is 0.0184. The van der Waals surface area contributed by atoms with Crippen molar-refractivity contribution in [2.75, 3.05) is 24.5 Å². The van der Waals surface area contributed by atoms with Crippen LogP contribution in [0.4, 0.5) is 23.7 Å². The molecule has 0 saturated carbocycles. The van der Waals surface area contributed by atoms with Crippen LogP contribution in [-0.4, -0.2) is 31.9 Å². The fraction of sp³-hybridized carbons (Fsp3) is 0.300. The van der Waals surface area contributed by atoms with Gasteiger partial charge in [-0.2, -0.15) is 0 Å². The number of amides is 1. The highest BCUT2D eigenvalue weighted by Crippen LogP contribution is 2.27. The standard InChI is InChI=1S/C20H20F3N2O2/c21-16-7-9-25(12-16)19-11-17(22)15(10-18(19)23)6-8-24-20(26)27-13-14-4-2-1-3-5-14/h1-5,7,10-11,16H,6,8-9,12-13H2,(H,24,26). The first-order chi connectivity index (χ1) is 13.0. The van der Waals surface area contributed by atoms with E-state index in [2.05, 4.69) is 5.32 Å². The summed E-state index contributed by atoms with van der Waals surface area (Å²) in [6.07, 6.45) is -0.242. The van der Waals surface area contributed by atoms with Crippen LogP contribution in [0.1, 0.15) is 11.1 Å². The number of nitrogens with zero attached hydrogens (tertiary/aromatic N) is 1. The molecule has 27 heavy (non-hydrogen) atoms. The molecule has 0 spiro atoms. The van der Waals surface area contributed by atoms with Crippen LogP contribution in [0.2, 0.25) is 0 Å². The first-order valence-corrected chi connectivity index (χ1v) is 8.68. The lowest BCUT2D eigenvalue weighted by Gasteiger charge is -2.19. The van der Waals surface area contributed by atoms with Crippen LogP contribution in [0.5, 0.6) is 0 Å². The van der Waals surface area contributed by atoms with E-state index in [1.54, 1.807) is 0 Å². The Morgan fingerprint density at radius 2 is 1.96 bits per heavy atom. The number of rotatable bonds is 6. The van der Waals surface area contributed by atoms with Gasteiger partial charge in [0, 0.05) is 32.1 Å². The maximum atomic E-state index is 14.2. The van der Waals surface area contributed by atoms with Crippen LogP contribution in [0, 0.1) is 18.1 Å². The van der Waals surface area contributed by atoms with Gasteiger partial charge in [-0.05, 0) is 23.6 Å². The summed E-state index contributed by atoms with van der Waals surface area (Å²) in [5.41, 5.74) is 1.04. The van der Waals surface area contributed by atoms with Crippen LogP contribution in [0.3, 0.4) is 0 Å². The topological polar surface area (TPSA) is 41.6 Å². The van der Waals surface area contributed by atoms with Crippen molar-refractivity contribution in [1.82, 2.24) is 5.32 Å². The summed E-state index contributed by atoms with van der Waals surface area (Å²) in [4.78, 5) is 13.1. The Hall–Kier alpha value is -2.70. The van der Waals surface area contributed by atoms with Gasteiger partial charge >= 0.3 is 6.09 Å². The van der Waals surface area contributed by atoms with E-state index < -0.39 is 23.9 Å². The molecule has 1 saturated heterocycles. The van der Waals surface area contributed by atoms with Crippen LogP contribution in [-0.2, 0) is 17.8 Å². The van der Waals surface area contributed by atoms with Gasteiger partial charge in [0.15, 0.2) is 0 Å². The first kappa shape index (κ1) is 19.1. The number of benzene rings is 2. The van der Waals surface area contributed by atoms with Crippen molar-refractivity contribution in [3.63, 3.8) is 0 Å². The summed E-state index contributed by atoms with van der Waals surface area (Å²) < 4.78 is 46.8. The van der Waals surface area contributed by atoms with Gasteiger partial charge in [-0.1, -0.05) is 30.3 Å². The lowest BCUT2D eigenvalue weighted by atomic mass is 10.1. The molecule has 1 unspecified atom stereocenters. The van der Waals surface area contributed by atoms with E-state index in [1.165, 1.54) is 11.3 Å². The van der Waals surface area contributed by atoms with Crippen molar-refractivity contribution in [1.29, 1.82) is 0 Å². The van der Waals surface area contributed by atoms with Gasteiger partial charge in [0.25, 0.3) is 0 Å². The van der Waals surface area contributed by atoms with Gasteiger partial charge in [-0.25, -0.2) is 18.0 Å². The molecule has 0 bridgehead atoms. The Labute approximate surface area is 155 Å². The third-order valence-electron chi connectivity index (χ3n) is 4.31. The van der Waals surface area contributed by atoms with Gasteiger partial charge in [0.05, 0.1) is 5.69 Å². The normalized spacial score (nSPS) is 16.4. The molecule has 7 heteroatoms. The van der Waals surface area contributed by atoms with Crippen LogP contribution < -0.4 is 10.2 Å². The molecular formula is C20H20F3N2O2. The van der Waals surface area contributed by atoms with Crippen LogP contribution >= 0.6 is 0 Å². The predicted octanol–water partition coefficient (Wildman–Crippen LogP) is 3.80. The Balaban J connectivity index is 1.49. The summed E-state index contributed by atoms with van der Waals surface area (Å²) in [6.45, 7) is 0.496. The molecule has 143 valence electrons. The number of ether oxygens (including phenoxy) is 1. The van der Waals surface area contributed by atoms with Crippen molar-refractivity contribution in [2.24, 2.45) is 0 Å². The molecule has 1 fully saturated rings. The SMILES string of the molecule is O=C(NCCc1cc(F)c(N2C[CH]C(F)C2)cc1F)OCc1ccccc1. The Morgan fingerprint density at radius 3 is 2.67 bits per heavy atom. The van der Waals surface area contributed by atoms with E-state index in [0.717, 1.165) is 17.7 Å². The van der Waals surface area contributed by atoms with E-state index >= 15 is 0 Å². The predicted molar refractivity (Wildman–Crippen MR) is 96.1 cm³/mol.